The normalized spacial score (nSPS) is 14.0. The monoisotopic (exact) mass is 969 g/mol. The van der Waals surface area contributed by atoms with E-state index in [0.717, 1.165) is 0 Å². The number of nitrogens with zero attached hydrogens (tertiary/aromatic N) is 1. The Morgan fingerprint density at radius 3 is 1.61 bits per heavy atom. The molecule has 7 atom stereocenters. The minimum atomic E-state index is -1.71. The number of hydrogen-bond donors (Lipinski definition) is 14. The highest BCUT2D eigenvalue weighted by Gasteiger charge is 2.34. The van der Waals surface area contributed by atoms with Crippen molar-refractivity contribution in [3.63, 3.8) is 0 Å². The molecule has 0 bridgehead atoms. The molecule has 18 N–H and O–H groups in total. The minimum Gasteiger partial charge on any atom is -0.508 e. The molecule has 0 radical (unpaired) electrons. The van der Waals surface area contributed by atoms with Crippen LogP contribution in [0.2, 0.25) is 0 Å². The van der Waals surface area contributed by atoms with Crippen LogP contribution in [0.5, 0.6) is 5.75 Å². The molecule has 0 aliphatic carbocycles. The van der Waals surface area contributed by atoms with Gasteiger partial charge in [-0.3, -0.25) is 48.1 Å². The summed E-state index contributed by atoms with van der Waals surface area (Å²) in [5.74, 6) is -8.89. The molecule has 2 aromatic carbocycles. The van der Waals surface area contributed by atoms with Gasteiger partial charge in [0, 0.05) is 19.4 Å². The molecule has 69 heavy (non-hydrogen) atoms. The molecule has 380 valence electrons. The first-order valence-electron chi connectivity index (χ1n) is 22.3. The second-order valence-electron chi connectivity index (χ2n) is 17.2. The van der Waals surface area contributed by atoms with E-state index in [2.05, 4.69) is 42.2 Å². The van der Waals surface area contributed by atoms with Gasteiger partial charge in [0.1, 0.15) is 42.0 Å². The van der Waals surface area contributed by atoms with Crippen LogP contribution in [0.25, 0.3) is 0 Å². The van der Waals surface area contributed by atoms with Crippen molar-refractivity contribution in [1.29, 1.82) is 0 Å². The summed E-state index contributed by atoms with van der Waals surface area (Å²) in [6, 6.07) is 4.36. The Bertz CT molecular complexity index is 2080. The Morgan fingerprint density at radius 2 is 1.07 bits per heavy atom. The van der Waals surface area contributed by atoms with Crippen molar-refractivity contribution in [2.24, 2.45) is 39.8 Å². The summed E-state index contributed by atoms with van der Waals surface area (Å²) in [4.78, 5) is 122. The van der Waals surface area contributed by atoms with Crippen LogP contribution in [-0.2, 0) is 56.0 Å². The van der Waals surface area contributed by atoms with Gasteiger partial charge in [-0.05, 0) is 60.8 Å². The number of carbonyl (C=O) groups is 9. The third kappa shape index (κ3) is 22.3. The Hall–Kier alpha value is -7.34. The molecule has 0 spiro atoms. The van der Waals surface area contributed by atoms with Crippen molar-refractivity contribution in [2.75, 3.05) is 19.7 Å². The maximum absolute atomic E-state index is 14.1. The average molecular weight is 969 g/mol. The van der Waals surface area contributed by atoms with Gasteiger partial charge in [-0.15, -0.1) is 0 Å². The van der Waals surface area contributed by atoms with Crippen LogP contribution in [0.15, 0.2) is 59.6 Å². The zero-order valence-electron chi connectivity index (χ0n) is 39.2. The number of phenols is 1. The van der Waals surface area contributed by atoms with E-state index >= 15 is 0 Å². The van der Waals surface area contributed by atoms with Gasteiger partial charge in [0.05, 0.1) is 25.6 Å². The molecule has 24 heteroatoms. The van der Waals surface area contributed by atoms with Crippen molar-refractivity contribution >= 4 is 59.2 Å². The Morgan fingerprint density at radius 1 is 0.594 bits per heavy atom. The smallest absolute Gasteiger partial charge is 0.305 e. The van der Waals surface area contributed by atoms with E-state index in [0.29, 0.717) is 11.1 Å². The molecule has 0 saturated heterocycles. The number of amides is 8. The number of aliphatic imine (C=N–C) groups is 1. The first-order chi connectivity index (χ1) is 32.5. The largest absolute Gasteiger partial charge is 0.508 e. The van der Waals surface area contributed by atoms with E-state index in [-0.39, 0.29) is 68.6 Å². The van der Waals surface area contributed by atoms with Gasteiger partial charge in [-0.2, -0.15) is 0 Å². The van der Waals surface area contributed by atoms with Crippen LogP contribution in [0.1, 0.15) is 70.9 Å². The first kappa shape index (κ1) is 57.8. The summed E-state index contributed by atoms with van der Waals surface area (Å²) < 4.78 is 0. The molecule has 8 amide bonds. The number of primary amides is 1. The van der Waals surface area contributed by atoms with Gasteiger partial charge in [-0.1, -0.05) is 70.2 Å². The highest BCUT2D eigenvalue weighted by atomic mass is 16.4. The van der Waals surface area contributed by atoms with Crippen LogP contribution >= 0.6 is 0 Å². The van der Waals surface area contributed by atoms with Crippen LogP contribution < -0.4 is 60.2 Å². The number of phenolic OH excluding ortho intramolecular Hbond substituents is 1. The number of carbonyl (C=O) groups excluding carboxylic acids is 8. The van der Waals surface area contributed by atoms with Crippen molar-refractivity contribution in [3.8, 4) is 5.75 Å². The molecule has 0 unspecified atom stereocenters. The number of guanidine groups is 1. The average Bonchev–Trinajstić information content (AvgIpc) is 3.27. The van der Waals surface area contributed by atoms with Crippen molar-refractivity contribution in [3.05, 3.63) is 65.7 Å². The molecule has 0 aliphatic rings. The number of aromatic hydroxyl groups is 1. The van der Waals surface area contributed by atoms with Gasteiger partial charge >= 0.3 is 5.97 Å². The van der Waals surface area contributed by atoms with Gasteiger partial charge in [0.25, 0.3) is 0 Å². The Balaban J connectivity index is 2.39. The lowest BCUT2D eigenvalue weighted by atomic mass is 10.00. The van der Waals surface area contributed by atoms with Crippen molar-refractivity contribution < 1.29 is 58.5 Å². The molecule has 2 rings (SSSR count). The lowest BCUT2D eigenvalue weighted by molar-refractivity contribution is -0.140. The molecule has 0 saturated carbocycles. The number of aliphatic hydroxyl groups is 1. The molecular weight excluding hydrogens is 901 g/mol. The van der Waals surface area contributed by atoms with E-state index < -0.39 is 115 Å². The maximum Gasteiger partial charge on any atom is 0.305 e. The van der Waals surface area contributed by atoms with Crippen molar-refractivity contribution in [1.82, 2.24) is 37.2 Å². The van der Waals surface area contributed by atoms with Crippen molar-refractivity contribution in [2.45, 2.75) is 115 Å². The van der Waals surface area contributed by atoms with E-state index in [1.54, 1.807) is 44.2 Å². The van der Waals surface area contributed by atoms with E-state index in [1.807, 2.05) is 13.8 Å². The van der Waals surface area contributed by atoms with Crippen LogP contribution in [0.3, 0.4) is 0 Å². The summed E-state index contributed by atoms with van der Waals surface area (Å²) in [6.07, 6.45) is -0.715. The highest BCUT2D eigenvalue weighted by molar-refractivity contribution is 5.97. The second kappa shape index (κ2) is 29.4. The summed E-state index contributed by atoms with van der Waals surface area (Å²) in [5.41, 5.74) is 23.0. The van der Waals surface area contributed by atoms with E-state index in [1.165, 1.54) is 24.3 Å². The number of carboxylic acid groups (broad SMARTS) is 1. The summed E-state index contributed by atoms with van der Waals surface area (Å²) in [5, 5.41) is 46.9. The molecule has 0 heterocycles. The third-order valence-electron chi connectivity index (χ3n) is 10.2. The summed E-state index contributed by atoms with van der Waals surface area (Å²) >= 11 is 0. The fourth-order valence-corrected chi connectivity index (χ4v) is 6.71. The fourth-order valence-electron chi connectivity index (χ4n) is 6.71. The topological polar surface area (TPSA) is 415 Å². The standard InChI is InChI=1S/C45H68N12O12/c1-24(2)17-31(38(47)63)52-36(60)22-51-40(65)33(19-26-9-6-5-7-10-26)55-44(69)35(23-58)57-43(68)34(20-27-12-14-28(59)15-13-27)56-42(67)32(18-25(3)4)54-41(66)30(11-8-16-50-45(48)49)53-39(64)29(46)21-37(61)62/h5-7,9-10,12-15,24-25,29-35,58-59H,8,11,16-23,46H2,1-4H3,(H2,47,63)(H,51,65)(H,52,60)(H,53,64)(H,54,66)(H,55,69)(H,56,67)(H,57,68)(H,61,62)(H4,48,49,50)/t29-,30-,31-,32-,33-,34-,35-/m0/s1. The molecule has 0 fully saturated rings. The predicted octanol–water partition coefficient (Wildman–Crippen LogP) is -3.37. The SMILES string of the molecule is CC(C)C[C@H](NC(=O)CNC(=O)[C@H](Cc1ccccc1)NC(=O)[C@H](CO)NC(=O)[C@H](Cc1ccc(O)cc1)NC(=O)[C@H](CC(C)C)NC(=O)[C@H](CCCN=C(N)N)NC(=O)[C@@H](N)CC(=O)O)C(N)=O. The van der Waals surface area contributed by atoms with Gasteiger partial charge in [0.2, 0.25) is 47.3 Å². The number of nitrogens with one attached hydrogen (secondary N) is 7. The first-order valence-corrected chi connectivity index (χ1v) is 22.3. The number of benzene rings is 2. The van der Waals surface area contributed by atoms with Crippen LogP contribution in [0.4, 0.5) is 0 Å². The number of nitrogens with two attached hydrogens (primary N) is 4. The molecule has 2 aromatic rings. The predicted molar refractivity (Wildman–Crippen MR) is 252 cm³/mol. The van der Waals surface area contributed by atoms with Crippen LogP contribution in [0, 0.1) is 11.8 Å². The quantitative estimate of drug-likeness (QED) is 0.0206. The highest BCUT2D eigenvalue weighted by Crippen LogP contribution is 2.14. The fraction of sp³-hybridized carbons (Fsp3) is 0.511. The molecule has 0 aromatic heterocycles. The molecule has 24 nitrogen and oxygen atoms in total. The second-order valence-corrected chi connectivity index (χ2v) is 17.2. The lowest BCUT2D eigenvalue weighted by Gasteiger charge is -2.28. The van der Waals surface area contributed by atoms with Gasteiger partial charge in [0.15, 0.2) is 5.96 Å². The summed E-state index contributed by atoms with van der Waals surface area (Å²) in [7, 11) is 0. The maximum atomic E-state index is 14.1. The lowest BCUT2D eigenvalue weighted by Crippen LogP contribution is -2.61. The van der Waals surface area contributed by atoms with E-state index in [9.17, 15) is 53.4 Å². The number of hydrogen-bond acceptors (Lipinski definition) is 13. The van der Waals surface area contributed by atoms with E-state index in [4.69, 9.17) is 28.0 Å². The molecule has 0 aliphatic heterocycles. The Labute approximate surface area is 399 Å². The third-order valence-corrected chi connectivity index (χ3v) is 10.2. The zero-order valence-corrected chi connectivity index (χ0v) is 39.2. The Kier molecular flexibility index (Phi) is 24.6. The summed E-state index contributed by atoms with van der Waals surface area (Å²) in [6.45, 7) is 5.65. The number of rotatable bonds is 30. The number of aliphatic carboxylic acids is 1. The van der Waals surface area contributed by atoms with Gasteiger partial charge in [-0.25, -0.2) is 0 Å². The number of aliphatic hydroxyl groups excluding tert-OH is 1. The van der Waals surface area contributed by atoms with Gasteiger partial charge < -0.3 is 75.5 Å². The minimum absolute atomic E-state index is 0.0101. The molecular formula is C45H68N12O12. The zero-order chi connectivity index (χ0) is 51.8. The van der Waals surface area contributed by atoms with Crippen LogP contribution in [-0.4, -0.2) is 136 Å². The number of carboxylic acids is 1.